The van der Waals surface area contributed by atoms with Crippen LogP contribution in [0.15, 0.2) is 0 Å². The quantitative estimate of drug-likeness (QED) is 0.353. The number of hydrogen-bond acceptors (Lipinski definition) is 4. The Bertz CT molecular complexity index is 271. The summed E-state index contributed by atoms with van der Waals surface area (Å²) in [5, 5.41) is 15.5. The molecular formula is C10H17N2NaO4. The molecule has 0 heterocycles. The molecule has 0 aromatic carbocycles. The summed E-state index contributed by atoms with van der Waals surface area (Å²) in [5.41, 5.74) is 0. The minimum atomic E-state index is -1.28. The molecule has 2 amide bonds. The molecule has 0 saturated heterocycles. The first kappa shape index (κ1) is 18.8. The summed E-state index contributed by atoms with van der Waals surface area (Å²) in [7, 11) is 0. The fraction of sp³-hybridized carbons (Fsp3) is 0.700. The molecule has 0 rings (SSSR count). The summed E-state index contributed by atoms with van der Waals surface area (Å²) >= 11 is 0. The molecule has 7 heteroatoms. The predicted molar refractivity (Wildman–Crippen MR) is 55.1 cm³/mol. The van der Waals surface area contributed by atoms with Crippen molar-refractivity contribution in [2.75, 3.05) is 6.54 Å². The molecule has 0 unspecified atom stereocenters. The molecule has 0 aliphatic heterocycles. The van der Waals surface area contributed by atoms with Gasteiger partial charge in [-0.1, -0.05) is 0 Å². The molecule has 0 aromatic rings. The van der Waals surface area contributed by atoms with E-state index in [1.54, 1.807) is 0 Å². The van der Waals surface area contributed by atoms with Crippen LogP contribution in [0.2, 0.25) is 0 Å². The third-order valence-electron chi connectivity index (χ3n) is 1.96. The van der Waals surface area contributed by atoms with Crippen molar-refractivity contribution in [2.45, 2.75) is 39.2 Å². The average Bonchev–Trinajstić information content (AvgIpc) is 2.14. The number of carboxylic acid groups (broad SMARTS) is 1. The van der Waals surface area contributed by atoms with Gasteiger partial charge in [-0.2, -0.15) is 0 Å². The normalized spacial score (nSPS) is 10.9. The molecule has 0 aliphatic rings. The van der Waals surface area contributed by atoms with E-state index in [0.717, 1.165) is 0 Å². The fourth-order valence-electron chi connectivity index (χ4n) is 1.23. The van der Waals surface area contributed by atoms with Gasteiger partial charge in [-0.05, 0) is 19.3 Å². The van der Waals surface area contributed by atoms with Crippen molar-refractivity contribution in [2.24, 2.45) is 0 Å². The molecule has 0 spiro atoms. The second-order valence-corrected chi connectivity index (χ2v) is 3.55. The van der Waals surface area contributed by atoms with Gasteiger partial charge < -0.3 is 20.5 Å². The summed E-state index contributed by atoms with van der Waals surface area (Å²) in [6.45, 7) is 3.18. The van der Waals surface area contributed by atoms with Crippen LogP contribution < -0.4 is 45.3 Å². The maximum atomic E-state index is 10.7. The fourth-order valence-corrected chi connectivity index (χ4v) is 1.23. The van der Waals surface area contributed by atoms with E-state index in [4.69, 9.17) is 0 Å². The first-order valence-corrected chi connectivity index (χ1v) is 5.16. The third-order valence-corrected chi connectivity index (χ3v) is 1.96. The zero-order valence-corrected chi connectivity index (χ0v) is 12.5. The van der Waals surface area contributed by atoms with Crippen molar-refractivity contribution in [3.63, 3.8) is 0 Å². The number of carbonyl (C=O) groups is 3. The minimum Gasteiger partial charge on any atom is -0.548 e. The maximum absolute atomic E-state index is 10.7. The number of rotatable bonds is 7. The zero-order chi connectivity index (χ0) is 12.6. The smallest absolute Gasteiger partial charge is 0.548 e. The van der Waals surface area contributed by atoms with E-state index in [0.29, 0.717) is 25.8 Å². The first-order valence-electron chi connectivity index (χ1n) is 5.16. The van der Waals surface area contributed by atoms with E-state index in [2.05, 4.69) is 10.6 Å². The van der Waals surface area contributed by atoms with E-state index >= 15 is 0 Å². The van der Waals surface area contributed by atoms with E-state index in [-0.39, 0.29) is 35.5 Å². The van der Waals surface area contributed by atoms with Gasteiger partial charge in [0.25, 0.3) is 0 Å². The molecule has 17 heavy (non-hydrogen) atoms. The van der Waals surface area contributed by atoms with Gasteiger partial charge >= 0.3 is 29.6 Å². The van der Waals surface area contributed by atoms with Gasteiger partial charge in [0.15, 0.2) is 0 Å². The second kappa shape index (κ2) is 10.6. The number of carbonyl (C=O) groups excluding carboxylic acids is 3. The Morgan fingerprint density at radius 2 is 1.71 bits per heavy atom. The molecule has 0 saturated carbocycles. The molecule has 2 N–H and O–H groups in total. The van der Waals surface area contributed by atoms with E-state index in [9.17, 15) is 19.5 Å². The third kappa shape index (κ3) is 11.7. The van der Waals surface area contributed by atoms with Crippen LogP contribution in [-0.2, 0) is 14.4 Å². The number of carboxylic acids is 1. The Hall–Kier alpha value is -0.590. The van der Waals surface area contributed by atoms with Gasteiger partial charge in [0.1, 0.15) is 0 Å². The molecule has 92 valence electrons. The number of amides is 2. The molecule has 1 atom stereocenters. The van der Waals surface area contributed by atoms with Crippen molar-refractivity contribution in [3.05, 3.63) is 0 Å². The van der Waals surface area contributed by atoms with Crippen molar-refractivity contribution in [3.8, 4) is 0 Å². The van der Waals surface area contributed by atoms with Crippen LogP contribution in [0.25, 0.3) is 0 Å². The topological polar surface area (TPSA) is 98.3 Å². The summed E-state index contributed by atoms with van der Waals surface area (Å²) < 4.78 is 0. The zero-order valence-electron chi connectivity index (χ0n) is 10.5. The van der Waals surface area contributed by atoms with Crippen molar-refractivity contribution >= 4 is 17.8 Å². The van der Waals surface area contributed by atoms with E-state index in [1.807, 2.05) is 0 Å². The molecular weight excluding hydrogens is 235 g/mol. The van der Waals surface area contributed by atoms with Crippen LogP contribution in [0.3, 0.4) is 0 Å². The van der Waals surface area contributed by atoms with Crippen LogP contribution in [0, 0.1) is 0 Å². The van der Waals surface area contributed by atoms with Gasteiger partial charge in [-0.3, -0.25) is 9.59 Å². The van der Waals surface area contributed by atoms with Crippen LogP contribution >= 0.6 is 0 Å². The summed E-state index contributed by atoms with van der Waals surface area (Å²) in [6, 6.07) is -0.949. The molecule has 0 radical (unpaired) electrons. The Balaban J connectivity index is 0. The van der Waals surface area contributed by atoms with Crippen molar-refractivity contribution < 1.29 is 49.0 Å². The van der Waals surface area contributed by atoms with Gasteiger partial charge in [0, 0.05) is 20.4 Å². The Morgan fingerprint density at radius 3 is 2.12 bits per heavy atom. The number of unbranched alkanes of at least 4 members (excludes halogenated alkanes) is 1. The van der Waals surface area contributed by atoms with Crippen LogP contribution in [-0.4, -0.2) is 30.4 Å². The Morgan fingerprint density at radius 1 is 1.12 bits per heavy atom. The van der Waals surface area contributed by atoms with Crippen LogP contribution in [0.5, 0.6) is 0 Å². The monoisotopic (exact) mass is 252 g/mol. The molecule has 6 nitrogen and oxygen atoms in total. The molecule has 0 aromatic heterocycles. The maximum Gasteiger partial charge on any atom is 1.00 e. The Kier molecular flexibility index (Phi) is 11.7. The largest absolute Gasteiger partial charge is 1.00 e. The van der Waals surface area contributed by atoms with Crippen molar-refractivity contribution in [1.29, 1.82) is 0 Å². The van der Waals surface area contributed by atoms with Crippen LogP contribution in [0.1, 0.15) is 33.1 Å². The molecule has 0 aliphatic carbocycles. The number of hydrogen-bond donors (Lipinski definition) is 2. The van der Waals surface area contributed by atoms with Gasteiger partial charge in [0.05, 0.1) is 12.0 Å². The standard InChI is InChI=1S/C10H18N2O4.Na/c1-7(13)11-6-4-3-5-9(10(15)16)12-8(2)14;/h9H,3-6H2,1-2H3,(H,11,13)(H,12,14)(H,15,16);/q;+1/p-1/t9-;/m0./s1. The SMILES string of the molecule is CC(=O)NCCCC[C@H](NC(C)=O)C(=O)[O-].[Na+]. The van der Waals surface area contributed by atoms with E-state index < -0.39 is 17.9 Å². The minimum absolute atomic E-state index is 0. The summed E-state index contributed by atoms with van der Waals surface area (Å²) in [6.07, 6.45) is 1.57. The number of aliphatic carboxylic acids is 1. The van der Waals surface area contributed by atoms with Crippen molar-refractivity contribution in [1.82, 2.24) is 10.6 Å². The van der Waals surface area contributed by atoms with E-state index in [1.165, 1.54) is 13.8 Å². The average molecular weight is 252 g/mol. The van der Waals surface area contributed by atoms with Crippen LogP contribution in [0.4, 0.5) is 0 Å². The van der Waals surface area contributed by atoms with Gasteiger partial charge in [-0.15, -0.1) is 0 Å². The summed E-state index contributed by atoms with van der Waals surface area (Å²) in [5.74, 6) is -1.79. The van der Waals surface area contributed by atoms with Gasteiger partial charge in [-0.25, -0.2) is 0 Å². The summed E-state index contributed by atoms with van der Waals surface area (Å²) in [4.78, 5) is 31.8. The second-order valence-electron chi connectivity index (χ2n) is 3.55. The first-order chi connectivity index (χ1) is 7.43. The van der Waals surface area contributed by atoms with Gasteiger partial charge in [0.2, 0.25) is 11.8 Å². The molecule has 0 bridgehead atoms. The molecule has 0 fully saturated rings. The number of nitrogens with one attached hydrogen (secondary N) is 2. The predicted octanol–water partition coefficient (Wildman–Crippen LogP) is -4.45. The Labute approximate surface area is 123 Å².